The van der Waals surface area contributed by atoms with E-state index in [4.69, 9.17) is 42.6 Å². The van der Waals surface area contributed by atoms with Crippen LogP contribution in [0.2, 0.25) is 10.2 Å². The van der Waals surface area contributed by atoms with E-state index < -0.39 is 18.0 Å². The van der Waals surface area contributed by atoms with Crippen LogP contribution in [-0.4, -0.2) is 82.2 Å². The van der Waals surface area contributed by atoms with Crippen molar-refractivity contribution in [2.45, 2.75) is 44.4 Å². The Morgan fingerprint density at radius 2 is 1.63 bits per heavy atom. The number of nitrogens with zero attached hydrogens (tertiary/aromatic N) is 3. The van der Waals surface area contributed by atoms with Crippen LogP contribution in [0.4, 0.5) is 17.6 Å². The van der Waals surface area contributed by atoms with Gasteiger partial charge in [0.2, 0.25) is 0 Å². The van der Waals surface area contributed by atoms with Gasteiger partial charge in [0.25, 0.3) is 11.5 Å². The van der Waals surface area contributed by atoms with E-state index in [0.29, 0.717) is 42.3 Å². The van der Waals surface area contributed by atoms with Crippen molar-refractivity contribution < 1.29 is 41.7 Å². The zero-order chi connectivity index (χ0) is 35.6. The van der Waals surface area contributed by atoms with Crippen molar-refractivity contribution in [3.05, 3.63) is 96.9 Å². The second-order valence-electron chi connectivity index (χ2n) is 11.6. The number of aromatic nitrogens is 2. The molecule has 10 nitrogen and oxygen atoms in total. The summed E-state index contributed by atoms with van der Waals surface area (Å²) in [6.45, 7) is 2.87. The van der Waals surface area contributed by atoms with Crippen molar-refractivity contribution in [3.8, 4) is 11.5 Å². The summed E-state index contributed by atoms with van der Waals surface area (Å²) in [7, 11) is 3.29. The van der Waals surface area contributed by atoms with Crippen LogP contribution in [0.1, 0.15) is 45.6 Å². The zero-order valence-electron chi connectivity index (χ0n) is 26.4. The molecule has 1 amide bonds. The molecule has 4 heterocycles. The van der Waals surface area contributed by atoms with E-state index in [1.165, 1.54) is 23.3 Å². The first-order valence-electron chi connectivity index (χ1n) is 15.1. The average molecular weight is 728 g/mol. The molecule has 0 saturated carbocycles. The van der Waals surface area contributed by atoms with Crippen LogP contribution in [0.25, 0.3) is 5.52 Å². The predicted octanol–water partition coefficient (Wildman–Crippen LogP) is 5.98. The number of nitrogens with one attached hydrogen (secondary N) is 1. The molecule has 1 saturated heterocycles. The number of aliphatic carboxylic acids is 1. The molecule has 0 atom stereocenters. The first-order valence-corrected chi connectivity index (χ1v) is 15.9. The number of carbonyl (C=O) groups excluding carboxylic acids is 1. The number of carboxylic acid groups (broad SMARTS) is 1. The van der Waals surface area contributed by atoms with Gasteiger partial charge < -0.3 is 24.5 Å². The number of piperidine rings is 1. The van der Waals surface area contributed by atoms with Gasteiger partial charge >= 0.3 is 12.1 Å². The maximum atomic E-state index is 14.9. The summed E-state index contributed by atoms with van der Waals surface area (Å²) in [6, 6.07) is 10.5. The first kappa shape index (κ1) is 36.0. The Bertz CT molecular complexity index is 1940. The van der Waals surface area contributed by atoms with Gasteiger partial charge in [0, 0.05) is 50.5 Å². The number of benzene rings is 2. The molecule has 0 radical (unpaired) electrons. The van der Waals surface area contributed by atoms with Gasteiger partial charge in [-0.15, -0.1) is 0 Å². The van der Waals surface area contributed by atoms with E-state index in [9.17, 15) is 27.2 Å². The molecule has 0 aliphatic carbocycles. The Morgan fingerprint density at radius 3 is 2.24 bits per heavy atom. The van der Waals surface area contributed by atoms with E-state index in [0.717, 1.165) is 43.9 Å². The summed E-state index contributed by atoms with van der Waals surface area (Å²) in [5, 5.41) is 7.62. The summed E-state index contributed by atoms with van der Waals surface area (Å²) >= 11 is 12.5. The molecule has 16 heteroatoms. The number of methoxy groups -OCH3 is 2. The molecule has 2 N–H and O–H groups in total. The first-order chi connectivity index (χ1) is 23.2. The van der Waals surface area contributed by atoms with Gasteiger partial charge in [-0.25, -0.2) is 9.18 Å². The van der Waals surface area contributed by atoms with Crippen molar-refractivity contribution in [1.29, 1.82) is 0 Å². The van der Waals surface area contributed by atoms with Crippen LogP contribution in [0.5, 0.6) is 11.5 Å². The number of likely N-dealkylation sites (tertiary alicyclic amines) is 1. The Labute approximate surface area is 287 Å². The third-order valence-electron chi connectivity index (χ3n) is 8.69. The average Bonchev–Trinajstić information content (AvgIpc) is 3.39. The third kappa shape index (κ3) is 7.81. The highest BCUT2D eigenvalue weighted by molar-refractivity contribution is 6.42. The molecular formula is C33H32Cl2F4N4O6. The molecule has 2 aromatic carbocycles. The molecule has 0 bridgehead atoms. The quantitative estimate of drug-likeness (QED) is 0.235. The number of alkyl halides is 3. The molecule has 6 rings (SSSR count). The van der Waals surface area contributed by atoms with Gasteiger partial charge in [0.05, 0.1) is 24.8 Å². The van der Waals surface area contributed by atoms with E-state index in [-0.39, 0.29) is 27.2 Å². The van der Waals surface area contributed by atoms with Gasteiger partial charge in [-0.1, -0.05) is 29.3 Å². The molecular weight excluding hydrogens is 695 g/mol. The molecule has 2 aliphatic rings. The maximum Gasteiger partial charge on any atom is 0.490 e. The number of hydrogen-bond donors (Lipinski definition) is 2. The Kier molecular flexibility index (Phi) is 10.8. The van der Waals surface area contributed by atoms with Gasteiger partial charge in [0.15, 0.2) is 11.5 Å². The minimum absolute atomic E-state index is 0.0381. The zero-order valence-corrected chi connectivity index (χ0v) is 27.9. The Hall–Kier alpha value is -4.27. The smallest absolute Gasteiger partial charge is 0.490 e. The minimum Gasteiger partial charge on any atom is -0.493 e. The standard InChI is InChI=1S/C31H31Cl2FN4O4.C2HF3O2/c1-41-27-13-19-5-8-37(17-20(19)14-28(27)42-2)21-6-9-36(10-7-21)31(40)23-12-18(3-4-25(23)34)11-22-16-35-30(39)26-15-24(32)29(33)38(22)26;3-2(4,5)1(6)7/h3-4,12-16,21H,5-11,17H2,1-2H3,(H,35,39);(H,6,7). The normalized spacial score (nSPS) is 15.4. The number of rotatable bonds is 6. The molecule has 0 spiro atoms. The number of halogens is 6. The molecule has 4 aromatic rings. The second-order valence-corrected chi connectivity index (χ2v) is 12.4. The molecule has 2 aromatic heterocycles. The van der Waals surface area contributed by atoms with Crippen molar-refractivity contribution in [3.63, 3.8) is 0 Å². The van der Waals surface area contributed by atoms with Gasteiger partial charge in [0.1, 0.15) is 16.5 Å². The summed E-state index contributed by atoms with van der Waals surface area (Å²) in [4.78, 5) is 41.5. The van der Waals surface area contributed by atoms with Crippen molar-refractivity contribution in [1.82, 2.24) is 19.2 Å². The van der Waals surface area contributed by atoms with Crippen LogP contribution < -0.4 is 15.0 Å². The number of hydrogen-bond acceptors (Lipinski definition) is 6. The van der Waals surface area contributed by atoms with Gasteiger partial charge in [-0.2, -0.15) is 13.2 Å². The van der Waals surface area contributed by atoms with Crippen LogP contribution in [-0.2, 0) is 24.2 Å². The number of amides is 1. The lowest BCUT2D eigenvalue weighted by atomic mass is 9.94. The monoisotopic (exact) mass is 726 g/mol. The highest BCUT2D eigenvalue weighted by atomic mass is 35.5. The lowest BCUT2D eigenvalue weighted by Crippen LogP contribution is -2.48. The van der Waals surface area contributed by atoms with Crippen LogP contribution >= 0.6 is 23.2 Å². The molecule has 0 unspecified atom stereocenters. The fourth-order valence-electron chi connectivity index (χ4n) is 6.20. The predicted molar refractivity (Wildman–Crippen MR) is 174 cm³/mol. The minimum atomic E-state index is -5.08. The number of ether oxygens (including phenoxy) is 2. The Balaban J connectivity index is 0.000000606. The SMILES string of the molecule is COc1cc2c(cc1OC)CN(C1CCN(C(=O)c3cc(Cc4c[nH]c(=O)c5cc(Cl)c(Cl)n45)ccc3F)CC1)CC2.O=C(O)C(F)(F)F. The van der Waals surface area contributed by atoms with E-state index in [1.54, 1.807) is 41.8 Å². The maximum absolute atomic E-state index is 14.9. The third-order valence-corrected chi connectivity index (χ3v) is 9.45. The fraction of sp³-hybridized carbons (Fsp3) is 0.364. The summed E-state index contributed by atoms with van der Waals surface area (Å²) < 4.78 is 59.2. The number of H-pyrrole nitrogens is 1. The van der Waals surface area contributed by atoms with Crippen molar-refractivity contribution >= 4 is 40.6 Å². The Morgan fingerprint density at radius 1 is 1.00 bits per heavy atom. The highest BCUT2D eigenvalue weighted by Gasteiger charge is 2.38. The summed E-state index contributed by atoms with van der Waals surface area (Å²) in [5.74, 6) is -2.16. The van der Waals surface area contributed by atoms with Crippen LogP contribution in [0, 0.1) is 5.82 Å². The van der Waals surface area contributed by atoms with Gasteiger partial charge in [-0.05, 0) is 66.3 Å². The van der Waals surface area contributed by atoms with Gasteiger partial charge in [-0.3, -0.25) is 18.9 Å². The van der Waals surface area contributed by atoms with Crippen LogP contribution in [0.3, 0.4) is 0 Å². The topological polar surface area (TPSA) is 117 Å². The largest absolute Gasteiger partial charge is 0.493 e. The summed E-state index contributed by atoms with van der Waals surface area (Å²) in [6.07, 6.45) is -0.656. The number of fused-ring (bicyclic) bond motifs is 2. The summed E-state index contributed by atoms with van der Waals surface area (Å²) in [5.41, 5.74) is 3.92. The molecule has 49 heavy (non-hydrogen) atoms. The van der Waals surface area contributed by atoms with Crippen molar-refractivity contribution in [2.24, 2.45) is 0 Å². The lowest BCUT2D eigenvalue weighted by Gasteiger charge is -2.41. The lowest BCUT2D eigenvalue weighted by molar-refractivity contribution is -0.192. The van der Waals surface area contributed by atoms with Crippen molar-refractivity contribution in [2.75, 3.05) is 33.9 Å². The number of carboxylic acids is 1. The number of carbonyl (C=O) groups is 2. The van der Waals surface area contributed by atoms with E-state index in [2.05, 4.69) is 22.0 Å². The number of aromatic amines is 1. The molecule has 262 valence electrons. The van der Waals surface area contributed by atoms with E-state index >= 15 is 0 Å². The molecule has 1 fully saturated rings. The fourth-order valence-corrected chi connectivity index (χ4v) is 6.64. The van der Waals surface area contributed by atoms with Crippen LogP contribution in [0.15, 0.2) is 47.4 Å². The highest BCUT2D eigenvalue weighted by Crippen LogP contribution is 2.35. The van der Waals surface area contributed by atoms with E-state index in [1.807, 2.05) is 0 Å². The second kappa shape index (κ2) is 14.7. The molecule has 2 aliphatic heterocycles.